The van der Waals surface area contributed by atoms with Crippen molar-refractivity contribution in [2.24, 2.45) is 0 Å². The van der Waals surface area contributed by atoms with Gasteiger partial charge in [0.15, 0.2) is 0 Å². The van der Waals surface area contributed by atoms with Crippen LogP contribution in [0, 0.1) is 0 Å². The molecule has 0 bridgehead atoms. The average Bonchev–Trinajstić information content (AvgIpc) is 2.41. The Morgan fingerprint density at radius 1 is 1.00 bits per heavy atom. The van der Waals surface area contributed by atoms with Crippen LogP contribution in [0.3, 0.4) is 0 Å². The molecule has 0 saturated heterocycles. The highest BCUT2D eigenvalue weighted by molar-refractivity contribution is 6.33. The average molecular weight is 279 g/mol. The number of hydrogen-bond acceptors (Lipinski definition) is 4. The van der Waals surface area contributed by atoms with E-state index in [9.17, 15) is 0 Å². The molecule has 2 rings (SSSR count). The summed E-state index contributed by atoms with van der Waals surface area (Å²) in [6.07, 6.45) is 0. The van der Waals surface area contributed by atoms with Crippen LogP contribution in [-0.4, -0.2) is 14.2 Å². The smallest absolute Gasteiger partial charge is 0.124 e. The fourth-order valence-electron chi connectivity index (χ4n) is 1.67. The number of nitrogens with two attached hydrogens (primary N) is 1. The third-order valence-corrected chi connectivity index (χ3v) is 2.94. The summed E-state index contributed by atoms with van der Waals surface area (Å²) in [6, 6.07) is 10.8. The van der Waals surface area contributed by atoms with Crippen LogP contribution in [0.1, 0.15) is 0 Å². The van der Waals surface area contributed by atoms with Gasteiger partial charge in [-0.2, -0.15) is 0 Å². The lowest BCUT2D eigenvalue weighted by atomic mass is 10.2. The second-order valence-corrected chi connectivity index (χ2v) is 4.37. The summed E-state index contributed by atoms with van der Waals surface area (Å²) in [4.78, 5) is 0. The van der Waals surface area contributed by atoms with Gasteiger partial charge in [-0.25, -0.2) is 0 Å². The number of anilines is 3. The van der Waals surface area contributed by atoms with E-state index in [4.69, 9.17) is 26.8 Å². The fraction of sp³-hybridized carbons (Fsp3) is 0.143. The third kappa shape index (κ3) is 3.23. The number of rotatable bonds is 4. The van der Waals surface area contributed by atoms with Crippen molar-refractivity contribution in [2.75, 3.05) is 25.3 Å². The van der Waals surface area contributed by atoms with Crippen LogP contribution in [0.15, 0.2) is 36.4 Å². The lowest BCUT2D eigenvalue weighted by Crippen LogP contribution is -1.95. The Hall–Kier alpha value is -2.07. The van der Waals surface area contributed by atoms with Gasteiger partial charge in [0.05, 0.1) is 24.9 Å². The number of halogens is 1. The number of methoxy groups -OCH3 is 2. The molecule has 0 radical (unpaired) electrons. The highest BCUT2D eigenvalue weighted by Gasteiger charge is 2.05. The molecule has 0 fully saturated rings. The molecular formula is C14H15ClN2O2. The largest absolute Gasteiger partial charge is 0.497 e. The van der Waals surface area contributed by atoms with E-state index in [1.165, 1.54) is 0 Å². The first-order valence-electron chi connectivity index (χ1n) is 5.67. The lowest BCUT2D eigenvalue weighted by molar-refractivity contribution is 0.395. The zero-order valence-corrected chi connectivity index (χ0v) is 11.5. The maximum Gasteiger partial charge on any atom is 0.124 e. The molecule has 0 spiro atoms. The Bertz CT molecular complexity index is 565. The summed E-state index contributed by atoms with van der Waals surface area (Å²) < 4.78 is 10.4. The molecule has 3 N–H and O–H groups in total. The maximum absolute atomic E-state index is 6.12. The van der Waals surface area contributed by atoms with Gasteiger partial charge in [-0.15, -0.1) is 0 Å². The number of nitrogen functional groups attached to an aromatic ring is 1. The molecule has 2 aromatic rings. The quantitative estimate of drug-likeness (QED) is 0.838. The topological polar surface area (TPSA) is 56.5 Å². The highest BCUT2D eigenvalue weighted by Crippen LogP contribution is 2.31. The fourth-order valence-corrected chi connectivity index (χ4v) is 1.90. The Morgan fingerprint density at radius 3 is 2.16 bits per heavy atom. The van der Waals surface area contributed by atoms with E-state index in [0.29, 0.717) is 22.2 Å². The van der Waals surface area contributed by atoms with Crippen molar-refractivity contribution in [2.45, 2.75) is 0 Å². The zero-order chi connectivity index (χ0) is 13.8. The minimum atomic E-state index is 0.557. The molecule has 0 unspecified atom stereocenters. The first-order chi connectivity index (χ1) is 9.12. The van der Waals surface area contributed by atoms with Crippen molar-refractivity contribution in [3.05, 3.63) is 41.4 Å². The molecule has 0 aliphatic carbocycles. The van der Waals surface area contributed by atoms with E-state index in [1.807, 2.05) is 18.2 Å². The van der Waals surface area contributed by atoms with Crippen molar-refractivity contribution < 1.29 is 9.47 Å². The van der Waals surface area contributed by atoms with E-state index in [1.54, 1.807) is 32.4 Å². The molecule has 0 amide bonds. The Labute approximate surface area is 117 Å². The van der Waals surface area contributed by atoms with Crippen molar-refractivity contribution in [3.8, 4) is 11.5 Å². The van der Waals surface area contributed by atoms with E-state index in [0.717, 1.165) is 11.4 Å². The normalized spacial score (nSPS) is 10.1. The van der Waals surface area contributed by atoms with E-state index >= 15 is 0 Å². The van der Waals surface area contributed by atoms with Gasteiger partial charge in [0, 0.05) is 29.6 Å². The van der Waals surface area contributed by atoms with Crippen LogP contribution in [-0.2, 0) is 0 Å². The molecular weight excluding hydrogens is 264 g/mol. The van der Waals surface area contributed by atoms with Crippen molar-refractivity contribution in [1.29, 1.82) is 0 Å². The third-order valence-electron chi connectivity index (χ3n) is 2.62. The SMILES string of the molecule is COc1cc(Nc2ccc(N)cc2Cl)cc(OC)c1. The summed E-state index contributed by atoms with van der Waals surface area (Å²) in [7, 11) is 3.21. The van der Waals surface area contributed by atoms with Gasteiger partial charge in [0.25, 0.3) is 0 Å². The Balaban J connectivity index is 2.31. The minimum absolute atomic E-state index is 0.557. The summed E-state index contributed by atoms with van der Waals surface area (Å²) in [6.45, 7) is 0. The first-order valence-corrected chi connectivity index (χ1v) is 6.05. The summed E-state index contributed by atoms with van der Waals surface area (Å²) in [5.74, 6) is 1.40. The lowest BCUT2D eigenvalue weighted by Gasteiger charge is -2.12. The molecule has 0 atom stereocenters. The van der Waals surface area contributed by atoms with E-state index < -0.39 is 0 Å². The van der Waals surface area contributed by atoms with Gasteiger partial charge in [0.1, 0.15) is 11.5 Å². The second kappa shape index (κ2) is 5.71. The second-order valence-electron chi connectivity index (χ2n) is 3.97. The predicted octanol–water partition coefficient (Wildman–Crippen LogP) is 3.68. The highest BCUT2D eigenvalue weighted by atomic mass is 35.5. The van der Waals surface area contributed by atoms with Crippen LogP contribution < -0.4 is 20.5 Å². The van der Waals surface area contributed by atoms with E-state index in [-0.39, 0.29) is 0 Å². The van der Waals surface area contributed by atoms with E-state index in [2.05, 4.69) is 5.32 Å². The monoisotopic (exact) mass is 278 g/mol. The van der Waals surface area contributed by atoms with Gasteiger partial charge in [-0.1, -0.05) is 11.6 Å². The van der Waals surface area contributed by atoms with Gasteiger partial charge in [0.2, 0.25) is 0 Å². The minimum Gasteiger partial charge on any atom is -0.497 e. The molecule has 100 valence electrons. The summed E-state index contributed by atoms with van der Waals surface area (Å²) >= 11 is 6.12. The molecule has 2 aromatic carbocycles. The van der Waals surface area contributed by atoms with Crippen LogP contribution in [0.2, 0.25) is 5.02 Å². The molecule has 0 aliphatic rings. The first kappa shape index (κ1) is 13.4. The van der Waals surface area contributed by atoms with Gasteiger partial charge in [-0.3, -0.25) is 0 Å². The standard InChI is InChI=1S/C14H15ClN2O2/c1-18-11-6-10(7-12(8-11)19-2)17-14-4-3-9(16)5-13(14)15/h3-8,17H,16H2,1-2H3. The van der Waals surface area contributed by atoms with Crippen LogP contribution >= 0.6 is 11.6 Å². The molecule has 0 saturated carbocycles. The summed E-state index contributed by atoms with van der Waals surface area (Å²) in [5, 5.41) is 3.76. The Kier molecular flexibility index (Phi) is 4.02. The molecule has 0 heterocycles. The number of nitrogens with one attached hydrogen (secondary N) is 1. The number of ether oxygens (including phenoxy) is 2. The van der Waals surface area contributed by atoms with Crippen LogP contribution in [0.5, 0.6) is 11.5 Å². The maximum atomic E-state index is 6.12. The zero-order valence-electron chi connectivity index (χ0n) is 10.7. The van der Waals surface area contributed by atoms with Gasteiger partial charge < -0.3 is 20.5 Å². The van der Waals surface area contributed by atoms with Crippen molar-refractivity contribution >= 4 is 28.7 Å². The number of benzene rings is 2. The molecule has 0 aliphatic heterocycles. The van der Waals surface area contributed by atoms with Crippen molar-refractivity contribution in [1.82, 2.24) is 0 Å². The number of hydrogen-bond donors (Lipinski definition) is 2. The molecule has 5 heteroatoms. The van der Waals surface area contributed by atoms with Crippen LogP contribution in [0.25, 0.3) is 0 Å². The Morgan fingerprint density at radius 2 is 1.63 bits per heavy atom. The molecule has 0 aromatic heterocycles. The van der Waals surface area contributed by atoms with Crippen LogP contribution in [0.4, 0.5) is 17.1 Å². The molecule has 19 heavy (non-hydrogen) atoms. The van der Waals surface area contributed by atoms with Gasteiger partial charge >= 0.3 is 0 Å². The summed E-state index contributed by atoms with van der Waals surface area (Å²) in [5.41, 5.74) is 7.88. The van der Waals surface area contributed by atoms with Crippen molar-refractivity contribution in [3.63, 3.8) is 0 Å². The van der Waals surface area contributed by atoms with Gasteiger partial charge in [-0.05, 0) is 18.2 Å². The predicted molar refractivity (Wildman–Crippen MR) is 78.7 cm³/mol. The molecule has 4 nitrogen and oxygen atoms in total.